The Bertz CT molecular complexity index is 843. The molecule has 0 saturated heterocycles. The number of nitrogens with two attached hydrogens (primary N) is 1. The van der Waals surface area contributed by atoms with Crippen LogP contribution in [0.4, 0.5) is 0 Å². The summed E-state index contributed by atoms with van der Waals surface area (Å²) in [6, 6.07) is 7.24. The normalized spacial score (nSPS) is 12.3. The maximum atomic E-state index is 12.4. The van der Waals surface area contributed by atoms with Gasteiger partial charge in [0.15, 0.2) is 0 Å². The van der Waals surface area contributed by atoms with Crippen molar-refractivity contribution in [1.29, 1.82) is 0 Å². The minimum atomic E-state index is -1.06. The van der Waals surface area contributed by atoms with E-state index in [0.29, 0.717) is 19.3 Å². The minimum absolute atomic E-state index is 0.00741. The van der Waals surface area contributed by atoms with Crippen LogP contribution in [-0.4, -0.2) is 41.6 Å². The van der Waals surface area contributed by atoms with Crippen molar-refractivity contribution in [3.63, 3.8) is 0 Å². The van der Waals surface area contributed by atoms with Crippen molar-refractivity contribution in [2.75, 3.05) is 0 Å². The summed E-state index contributed by atoms with van der Waals surface area (Å²) in [4.78, 5) is 60.1. The molecule has 0 heterocycles. The SMILES string of the molecule is CCCCCC(=O)CCCCCC(=O)N[C@@H](C)C(=O)N[C@H](CCC(=O)OCc1ccccc1)C(N)=O. The average Bonchev–Trinajstić information content (AvgIpc) is 2.85. The van der Waals surface area contributed by atoms with Crippen LogP contribution in [0.1, 0.15) is 90.0 Å². The fourth-order valence-corrected chi connectivity index (χ4v) is 3.52. The first-order chi connectivity index (χ1) is 17.2. The van der Waals surface area contributed by atoms with Crippen LogP contribution in [0.3, 0.4) is 0 Å². The summed E-state index contributed by atoms with van der Waals surface area (Å²) in [5.74, 6) is -1.87. The van der Waals surface area contributed by atoms with Crippen LogP contribution in [0.15, 0.2) is 30.3 Å². The van der Waals surface area contributed by atoms with E-state index < -0.39 is 29.9 Å². The summed E-state index contributed by atoms with van der Waals surface area (Å²) in [6.45, 7) is 3.73. The Kier molecular flexibility index (Phi) is 15.5. The lowest BCUT2D eigenvalue weighted by atomic mass is 10.1. The van der Waals surface area contributed by atoms with E-state index in [4.69, 9.17) is 10.5 Å². The van der Waals surface area contributed by atoms with Crippen molar-refractivity contribution in [3.05, 3.63) is 35.9 Å². The van der Waals surface area contributed by atoms with Gasteiger partial charge in [-0.1, -0.05) is 56.5 Å². The number of hydrogen-bond acceptors (Lipinski definition) is 6. The van der Waals surface area contributed by atoms with E-state index in [0.717, 1.165) is 37.7 Å². The van der Waals surface area contributed by atoms with E-state index in [1.165, 1.54) is 6.92 Å². The first-order valence-corrected chi connectivity index (χ1v) is 12.8. The summed E-state index contributed by atoms with van der Waals surface area (Å²) >= 11 is 0. The lowest BCUT2D eigenvalue weighted by Gasteiger charge is -2.19. The van der Waals surface area contributed by atoms with Crippen molar-refractivity contribution in [2.45, 2.75) is 103 Å². The number of carbonyl (C=O) groups is 5. The Balaban J connectivity index is 2.28. The third kappa shape index (κ3) is 14.2. The molecule has 0 aromatic heterocycles. The third-order valence-corrected chi connectivity index (χ3v) is 5.73. The molecule has 1 aromatic carbocycles. The number of ketones is 1. The number of amides is 3. The molecule has 0 aliphatic carbocycles. The van der Waals surface area contributed by atoms with Crippen molar-refractivity contribution in [3.8, 4) is 0 Å². The summed E-state index contributed by atoms with van der Waals surface area (Å²) in [7, 11) is 0. The van der Waals surface area contributed by atoms with E-state index in [2.05, 4.69) is 17.6 Å². The average molecular weight is 504 g/mol. The number of benzene rings is 1. The van der Waals surface area contributed by atoms with Gasteiger partial charge < -0.3 is 21.1 Å². The second kappa shape index (κ2) is 18.1. The van der Waals surface area contributed by atoms with Crippen LogP contribution in [0, 0.1) is 0 Å². The molecule has 1 rings (SSSR count). The van der Waals surface area contributed by atoms with Crippen molar-refractivity contribution in [1.82, 2.24) is 10.6 Å². The molecule has 2 atom stereocenters. The molecule has 0 aliphatic heterocycles. The number of hydrogen-bond donors (Lipinski definition) is 3. The quantitative estimate of drug-likeness (QED) is 0.195. The molecule has 0 spiro atoms. The first-order valence-electron chi connectivity index (χ1n) is 12.8. The maximum absolute atomic E-state index is 12.4. The highest BCUT2D eigenvalue weighted by Crippen LogP contribution is 2.08. The Labute approximate surface area is 213 Å². The number of Topliss-reactive ketones (excluding diaryl/α,β-unsaturated/α-hetero) is 1. The molecule has 4 N–H and O–H groups in total. The van der Waals surface area contributed by atoms with Crippen LogP contribution in [0.5, 0.6) is 0 Å². The number of rotatable bonds is 19. The Morgan fingerprint density at radius 2 is 1.50 bits per heavy atom. The van der Waals surface area contributed by atoms with E-state index in [1.54, 1.807) is 0 Å². The zero-order chi connectivity index (χ0) is 26.8. The predicted molar refractivity (Wildman–Crippen MR) is 136 cm³/mol. The number of esters is 1. The van der Waals surface area contributed by atoms with Gasteiger partial charge in [-0.15, -0.1) is 0 Å². The highest BCUT2D eigenvalue weighted by molar-refractivity contribution is 5.91. The van der Waals surface area contributed by atoms with Gasteiger partial charge in [-0.05, 0) is 38.2 Å². The maximum Gasteiger partial charge on any atom is 0.306 e. The Hall–Kier alpha value is -3.23. The van der Waals surface area contributed by atoms with Gasteiger partial charge in [0.2, 0.25) is 17.7 Å². The molecule has 0 aliphatic rings. The van der Waals surface area contributed by atoms with Crippen LogP contribution in [-0.2, 0) is 35.3 Å². The zero-order valence-electron chi connectivity index (χ0n) is 21.6. The third-order valence-electron chi connectivity index (χ3n) is 5.73. The minimum Gasteiger partial charge on any atom is -0.461 e. The number of unbranched alkanes of at least 4 members (excludes halogenated alkanes) is 4. The van der Waals surface area contributed by atoms with Crippen molar-refractivity contribution >= 4 is 29.5 Å². The molecule has 9 heteroatoms. The summed E-state index contributed by atoms with van der Waals surface area (Å²) in [5.41, 5.74) is 6.21. The fraction of sp³-hybridized carbons (Fsp3) is 0.593. The fourth-order valence-electron chi connectivity index (χ4n) is 3.52. The second-order valence-corrected chi connectivity index (χ2v) is 8.99. The first kappa shape index (κ1) is 30.8. The second-order valence-electron chi connectivity index (χ2n) is 8.99. The van der Waals surface area contributed by atoms with Crippen molar-refractivity contribution < 1.29 is 28.7 Å². The van der Waals surface area contributed by atoms with E-state index in [-0.39, 0.29) is 37.6 Å². The molecule has 200 valence electrons. The number of nitrogens with one attached hydrogen (secondary N) is 2. The molecule has 0 bridgehead atoms. The molecular weight excluding hydrogens is 462 g/mol. The number of primary amides is 1. The highest BCUT2D eigenvalue weighted by Gasteiger charge is 2.23. The van der Waals surface area contributed by atoms with Gasteiger partial charge in [0.05, 0.1) is 0 Å². The van der Waals surface area contributed by atoms with Crippen LogP contribution in [0.25, 0.3) is 0 Å². The van der Waals surface area contributed by atoms with E-state index in [9.17, 15) is 24.0 Å². The smallest absolute Gasteiger partial charge is 0.306 e. The van der Waals surface area contributed by atoms with Gasteiger partial charge in [-0.25, -0.2) is 0 Å². The largest absolute Gasteiger partial charge is 0.461 e. The van der Waals surface area contributed by atoms with Gasteiger partial charge in [0.1, 0.15) is 24.5 Å². The lowest BCUT2D eigenvalue weighted by molar-refractivity contribution is -0.145. The van der Waals surface area contributed by atoms with Crippen LogP contribution in [0.2, 0.25) is 0 Å². The highest BCUT2D eigenvalue weighted by atomic mass is 16.5. The Morgan fingerprint density at radius 3 is 2.14 bits per heavy atom. The summed E-state index contributed by atoms with van der Waals surface area (Å²) in [6.07, 6.45) is 6.54. The molecule has 0 saturated carbocycles. The van der Waals surface area contributed by atoms with Gasteiger partial charge >= 0.3 is 5.97 Å². The van der Waals surface area contributed by atoms with E-state index >= 15 is 0 Å². The van der Waals surface area contributed by atoms with Gasteiger partial charge in [-0.3, -0.25) is 24.0 Å². The predicted octanol–water partition coefficient (Wildman–Crippen LogP) is 3.08. The lowest BCUT2D eigenvalue weighted by Crippen LogP contribution is -2.52. The molecule has 0 fully saturated rings. The topological polar surface area (TPSA) is 145 Å². The van der Waals surface area contributed by atoms with E-state index in [1.807, 2.05) is 30.3 Å². The van der Waals surface area contributed by atoms with Crippen LogP contribution >= 0.6 is 0 Å². The summed E-state index contributed by atoms with van der Waals surface area (Å²) < 4.78 is 5.17. The summed E-state index contributed by atoms with van der Waals surface area (Å²) in [5, 5.41) is 5.09. The van der Waals surface area contributed by atoms with Gasteiger partial charge in [0, 0.05) is 25.7 Å². The molecule has 1 aromatic rings. The molecule has 0 radical (unpaired) electrons. The van der Waals surface area contributed by atoms with Crippen molar-refractivity contribution in [2.24, 2.45) is 5.73 Å². The van der Waals surface area contributed by atoms with Gasteiger partial charge in [0.25, 0.3) is 0 Å². The van der Waals surface area contributed by atoms with Crippen LogP contribution < -0.4 is 16.4 Å². The molecule has 36 heavy (non-hydrogen) atoms. The van der Waals surface area contributed by atoms with Gasteiger partial charge in [-0.2, -0.15) is 0 Å². The molecular formula is C27H41N3O6. The number of ether oxygens (including phenoxy) is 1. The monoisotopic (exact) mass is 503 g/mol. The molecule has 9 nitrogen and oxygen atoms in total. The standard InChI is InChI=1S/C27H41N3O6/c1-3-4-7-14-22(31)15-10-6-11-16-24(32)29-20(2)27(35)30-23(26(28)34)17-18-25(33)36-19-21-12-8-5-9-13-21/h5,8-9,12-13,20,23H,3-4,6-7,10-11,14-19H2,1-2H3,(H2,28,34)(H,29,32)(H,30,35)/t20-,23+/m0/s1. The molecule has 3 amide bonds. The molecule has 0 unspecified atom stereocenters. The number of carbonyl (C=O) groups excluding carboxylic acids is 5. The zero-order valence-corrected chi connectivity index (χ0v) is 21.6. The Morgan fingerprint density at radius 1 is 0.861 bits per heavy atom.